The van der Waals surface area contributed by atoms with Gasteiger partial charge in [-0.05, 0) is 43.9 Å². The van der Waals surface area contributed by atoms with Crippen molar-refractivity contribution in [3.63, 3.8) is 0 Å². The fraction of sp³-hybridized carbons (Fsp3) is 0.857. The Labute approximate surface area is 278 Å². The number of carbonyl (C=O) groups excluding carboxylic acids is 5. The molecular formula is C35H46O13. The topological polar surface area (TPSA) is 188 Å². The minimum atomic E-state index is -2.05. The van der Waals surface area contributed by atoms with Crippen LogP contribution >= 0.6 is 0 Å². The van der Waals surface area contributed by atoms with Crippen molar-refractivity contribution in [1.82, 2.24) is 0 Å². The number of aliphatic hydroxyl groups is 2. The van der Waals surface area contributed by atoms with Gasteiger partial charge in [-0.2, -0.15) is 0 Å². The lowest BCUT2D eigenvalue weighted by atomic mass is 9.39. The number of hydrogen-bond acceptors (Lipinski definition) is 13. The van der Waals surface area contributed by atoms with E-state index in [0.717, 1.165) is 0 Å². The number of Topliss-reactive ketones (excluding diaryl/α,β-unsaturated/α-hetero) is 1. The molecule has 0 radical (unpaired) electrons. The number of aliphatic hydroxyl groups excluding tert-OH is 1. The predicted octanol–water partition coefficient (Wildman–Crippen LogP) is 1.33. The Hall–Kier alpha value is -2.61. The Morgan fingerprint density at radius 1 is 0.812 bits per heavy atom. The van der Waals surface area contributed by atoms with E-state index >= 15 is 0 Å². The third-order valence-corrected chi connectivity index (χ3v) is 15.1. The summed E-state index contributed by atoms with van der Waals surface area (Å²) in [6.07, 6.45) is -5.18. The van der Waals surface area contributed by atoms with Crippen molar-refractivity contribution in [2.45, 2.75) is 123 Å². The maximum absolute atomic E-state index is 14.8. The van der Waals surface area contributed by atoms with Gasteiger partial charge >= 0.3 is 23.9 Å². The first-order valence-electron chi connectivity index (χ1n) is 17.2. The molecule has 48 heavy (non-hydrogen) atoms. The van der Waals surface area contributed by atoms with Gasteiger partial charge in [0.15, 0.2) is 17.5 Å². The van der Waals surface area contributed by atoms with Gasteiger partial charge in [-0.3, -0.25) is 19.2 Å². The van der Waals surface area contributed by atoms with Gasteiger partial charge in [0.2, 0.25) is 5.79 Å². The van der Waals surface area contributed by atoms with E-state index in [1.165, 1.54) is 27.7 Å². The maximum Gasteiger partial charge on any atom is 0.341 e. The molecule has 0 aromatic rings. The molecule has 13 nitrogen and oxygen atoms in total. The first-order chi connectivity index (χ1) is 22.2. The minimum Gasteiger partial charge on any atom is -0.462 e. The summed E-state index contributed by atoms with van der Waals surface area (Å²) in [6, 6.07) is 0. The Morgan fingerprint density at radius 2 is 1.42 bits per heavy atom. The standard InChI is InChI=1S/C35H46O13/c1-11-19-18(26(43-13(3)36)23(39)16-10-17-25(46-17)29(31(16,19)6)45-15(5)38)21-24(40)22-20(32(21,7)27(11)44-14(4)37)12(2)28-35(47-28)33(22,8)34(9,42)30(41)48-35/h11-12,16-22,24-29,40,42H,10H2,1-9H3/t11?,12-,16+,17-,18+,19?,20-,21+,22-,24+,25-,26+,27-,28-,29-,31-,32+,33-,34+,35+/m0/s1. The Kier molecular flexibility index (Phi) is 6.37. The molecule has 8 fully saturated rings. The van der Waals surface area contributed by atoms with Gasteiger partial charge < -0.3 is 38.6 Å². The van der Waals surface area contributed by atoms with Crippen LogP contribution in [0.3, 0.4) is 0 Å². The van der Waals surface area contributed by atoms with Crippen LogP contribution in [0.4, 0.5) is 0 Å². The highest BCUT2D eigenvalue weighted by atomic mass is 16.8. The minimum absolute atomic E-state index is 0.301. The van der Waals surface area contributed by atoms with Crippen molar-refractivity contribution in [2.24, 2.45) is 63.6 Å². The molecule has 13 heteroatoms. The number of rotatable bonds is 3. The average molecular weight is 675 g/mol. The zero-order chi connectivity index (χ0) is 35.0. The molecule has 3 saturated heterocycles. The molecule has 0 amide bonds. The Morgan fingerprint density at radius 3 is 2.02 bits per heavy atom. The molecule has 0 aromatic carbocycles. The van der Waals surface area contributed by atoms with Crippen molar-refractivity contribution in [3.05, 3.63) is 0 Å². The van der Waals surface area contributed by atoms with Crippen LogP contribution in [0.15, 0.2) is 0 Å². The summed E-state index contributed by atoms with van der Waals surface area (Å²) in [7, 11) is 0. The SMILES string of the molecule is CC(=O)O[C@H]1C(=O)[C@H]2C[C@@H]3O[C@@H]3[C@H](OC(C)=O)[C@]2(C)C2C(C)[C@H](OC(C)=O)[C@@]3(C)[C@@H]([C@@H](O)[C@@H]4[C@@H]3[C@H](C)[C@@H]3O[C@@]35OC(=O)[C@@](C)(O)[C@]45C)[C@@H]21. The molecule has 2 N–H and O–H groups in total. The summed E-state index contributed by atoms with van der Waals surface area (Å²) in [5, 5.41) is 24.8. The van der Waals surface area contributed by atoms with Crippen LogP contribution in [0.25, 0.3) is 0 Å². The maximum atomic E-state index is 14.8. The Bertz CT molecular complexity index is 1540. The summed E-state index contributed by atoms with van der Waals surface area (Å²) in [5.74, 6) is -9.43. The van der Waals surface area contributed by atoms with E-state index in [2.05, 4.69) is 0 Å². The summed E-state index contributed by atoms with van der Waals surface area (Å²) in [6.45, 7) is 14.7. The molecular weight excluding hydrogens is 628 g/mol. The number of fused-ring (bicyclic) bond motifs is 9. The number of ether oxygens (including phenoxy) is 6. The molecule has 20 atom stereocenters. The number of esters is 4. The zero-order valence-electron chi connectivity index (χ0n) is 28.8. The molecule has 8 rings (SSSR count). The summed E-state index contributed by atoms with van der Waals surface area (Å²) < 4.78 is 36.3. The molecule has 3 heterocycles. The van der Waals surface area contributed by atoms with Gasteiger partial charge in [-0.15, -0.1) is 0 Å². The third-order valence-electron chi connectivity index (χ3n) is 15.1. The van der Waals surface area contributed by atoms with Crippen molar-refractivity contribution >= 4 is 29.7 Å². The monoisotopic (exact) mass is 674 g/mol. The first-order valence-corrected chi connectivity index (χ1v) is 17.2. The second-order valence-corrected chi connectivity index (χ2v) is 16.9. The summed E-state index contributed by atoms with van der Waals surface area (Å²) in [4.78, 5) is 66.4. The molecule has 0 aromatic heterocycles. The van der Waals surface area contributed by atoms with Crippen LogP contribution in [0.2, 0.25) is 0 Å². The average Bonchev–Trinajstić information content (AvgIpc) is 3.88. The molecule has 5 aliphatic carbocycles. The van der Waals surface area contributed by atoms with Crippen molar-refractivity contribution in [2.75, 3.05) is 0 Å². The van der Waals surface area contributed by atoms with E-state index in [1.54, 1.807) is 6.92 Å². The lowest BCUT2D eigenvalue weighted by Crippen LogP contribution is -2.72. The molecule has 1 spiro atoms. The summed E-state index contributed by atoms with van der Waals surface area (Å²) >= 11 is 0. The lowest BCUT2D eigenvalue weighted by molar-refractivity contribution is -0.254. The van der Waals surface area contributed by atoms with E-state index in [1.807, 2.05) is 27.7 Å². The number of epoxide rings is 2. The molecule has 0 bridgehead atoms. The van der Waals surface area contributed by atoms with Gasteiger partial charge in [0.1, 0.15) is 24.4 Å². The Balaban J connectivity index is 1.37. The van der Waals surface area contributed by atoms with Crippen LogP contribution in [-0.4, -0.2) is 94.0 Å². The zero-order valence-corrected chi connectivity index (χ0v) is 28.8. The van der Waals surface area contributed by atoms with Crippen LogP contribution in [0.1, 0.15) is 68.7 Å². The third kappa shape index (κ3) is 3.40. The van der Waals surface area contributed by atoms with Crippen LogP contribution < -0.4 is 0 Å². The highest BCUT2D eigenvalue weighted by molar-refractivity contribution is 5.90. The summed E-state index contributed by atoms with van der Waals surface area (Å²) in [5.41, 5.74) is -5.59. The fourth-order valence-electron chi connectivity index (χ4n) is 13.4. The largest absolute Gasteiger partial charge is 0.462 e. The highest BCUT2D eigenvalue weighted by Gasteiger charge is 2.93. The van der Waals surface area contributed by atoms with Crippen LogP contribution in [0, 0.1) is 63.6 Å². The van der Waals surface area contributed by atoms with Crippen LogP contribution in [-0.2, 0) is 52.4 Å². The molecule has 8 aliphatic rings. The van der Waals surface area contributed by atoms with Gasteiger partial charge in [0.25, 0.3) is 0 Å². The number of ketones is 1. The van der Waals surface area contributed by atoms with Crippen molar-refractivity contribution in [1.29, 1.82) is 0 Å². The number of carbonyl (C=O) groups is 5. The lowest BCUT2D eigenvalue weighted by Gasteiger charge is -2.66. The van der Waals surface area contributed by atoms with Gasteiger partial charge in [-0.25, -0.2) is 4.79 Å². The quantitative estimate of drug-likeness (QED) is 0.248. The molecule has 5 saturated carbocycles. The van der Waals surface area contributed by atoms with Crippen molar-refractivity contribution < 1.29 is 62.6 Å². The highest BCUT2D eigenvalue weighted by Crippen LogP contribution is 2.81. The van der Waals surface area contributed by atoms with Gasteiger partial charge in [0, 0.05) is 55.3 Å². The van der Waals surface area contributed by atoms with Crippen LogP contribution in [0.5, 0.6) is 0 Å². The molecule has 2 unspecified atom stereocenters. The van der Waals surface area contributed by atoms with Gasteiger partial charge in [0.05, 0.1) is 17.6 Å². The first kappa shape index (κ1) is 32.6. The number of hydrogen-bond donors (Lipinski definition) is 2. The van der Waals surface area contributed by atoms with Crippen molar-refractivity contribution in [3.8, 4) is 0 Å². The van der Waals surface area contributed by atoms with E-state index in [9.17, 15) is 34.2 Å². The second-order valence-electron chi connectivity index (χ2n) is 16.9. The smallest absolute Gasteiger partial charge is 0.341 e. The van der Waals surface area contributed by atoms with E-state index in [4.69, 9.17) is 28.4 Å². The second kappa shape index (κ2) is 9.38. The molecule has 3 aliphatic heterocycles. The fourth-order valence-corrected chi connectivity index (χ4v) is 13.4. The van der Waals surface area contributed by atoms with E-state index < -0.39 is 130 Å². The predicted molar refractivity (Wildman–Crippen MR) is 159 cm³/mol. The van der Waals surface area contributed by atoms with Gasteiger partial charge in [-0.1, -0.05) is 27.7 Å². The molecule has 264 valence electrons. The normalized spacial score (nSPS) is 59.6. The van der Waals surface area contributed by atoms with E-state index in [-0.39, 0.29) is 17.8 Å². The van der Waals surface area contributed by atoms with E-state index in [0.29, 0.717) is 6.42 Å².